The Kier molecular flexibility index (Phi) is 43.3. The second kappa shape index (κ2) is 43.9. The third-order valence-corrected chi connectivity index (χ3v) is 9.66. The second-order valence-electron chi connectivity index (χ2n) is 14.8. The molecular formula is C46H90O7. The van der Waals surface area contributed by atoms with E-state index >= 15 is 0 Å². The monoisotopic (exact) mass is 755 g/mol. The summed E-state index contributed by atoms with van der Waals surface area (Å²) in [6.45, 7) is 12.1. The third-order valence-electron chi connectivity index (χ3n) is 9.66. The van der Waals surface area contributed by atoms with Gasteiger partial charge in [-0.2, -0.15) is 0 Å². The van der Waals surface area contributed by atoms with Crippen molar-refractivity contribution in [2.75, 3.05) is 40.6 Å². The summed E-state index contributed by atoms with van der Waals surface area (Å²) in [7, 11) is 3.32. The SMILES string of the molecule is CCCCCCCCOC(CCC=CC(OC)OC(C=CCCC(OCCCCCCCC)OCCCCCCCC)OC)OCCCCCCCC. The molecule has 7 heteroatoms. The van der Waals surface area contributed by atoms with E-state index in [9.17, 15) is 0 Å². The number of rotatable bonds is 44. The molecule has 0 radical (unpaired) electrons. The number of methoxy groups -OCH3 is 2. The zero-order chi connectivity index (χ0) is 38.7. The zero-order valence-electron chi connectivity index (χ0n) is 36.1. The second-order valence-corrected chi connectivity index (χ2v) is 14.8. The summed E-state index contributed by atoms with van der Waals surface area (Å²) < 4.78 is 42.2. The van der Waals surface area contributed by atoms with Crippen LogP contribution in [-0.2, 0) is 33.2 Å². The summed E-state index contributed by atoms with van der Waals surface area (Å²) in [5.41, 5.74) is 0. The van der Waals surface area contributed by atoms with Gasteiger partial charge in [0.2, 0.25) is 0 Å². The van der Waals surface area contributed by atoms with E-state index in [2.05, 4.69) is 39.8 Å². The average molecular weight is 755 g/mol. The average Bonchev–Trinajstić information content (AvgIpc) is 3.17. The minimum Gasteiger partial charge on any atom is -0.353 e. The van der Waals surface area contributed by atoms with Gasteiger partial charge in [-0.1, -0.05) is 168 Å². The summed E-state index contributed by atoms with van der Waals surface area (Å²) in [5.74, 6) is 0. The molecule has 0 aliphatic heterocycles. The number of unbranched alkanes of at least 4 members (excludes halogenated alkanes) is 20. The molecule has 2 atom stereocenters. The first-order chi connectivity index (χ1) is 26.1. The Balaban J connectivity index is 4.78. The van der Waals surface area contributed by atoms with Crippen molar-refractivity contribution in [2.45, 2.75) is 233 Å². The Hall–Kier alpha value is -0.800. The predicted molar refractivity (Wildman–Crippen MR) is 224 cm³/mol. The summed E-state index contributed by atoms with van der Waals surface area (Å²) in [5, 5.41) is 0. The van der Waals surface area contributed by atoms with Crippen LogP contribution in [-0.4, -0.2) is 65.8 Å². The number of allylic oxidation sites excluding steroid dienone is 2. The summed E-state index contributed by atoms with van der Waals surface area (Å²) in [4.78, 5) is 0. The molecule has 0 N–H and O–H groups in total. The number of hydrogen-bond donors (Lipinski definition) is 0. The Morgan fingerprint density at radius 3 is 0.887 bits per heavy atom. The molecule has 53 heavy (non-hydrogen) atoms. The van der Waals surface area contributed by atoms with Crippen LogP contribution in [0.25, 0.3) is 0 Å². The van der Waals surface area contributed by atoms with Gasteiger partial charge in [-0.25, -0.2) is 0 Å². The highest BCUT2D eigenvalue weighted by Crippen LogP contribution is 2.15. The lowest BCUT2D eigenvalue weighted by atomic mass is 10.1. The van der Waals surface area contributed by atoms with Crippen molar-refractivity contribution < 1.29 is 33.2 Å². The first-order valence-electron chi connectivity index (χ1n) is 22.7. The van der Waals surface area contributed by atoms with Crippen LogP contribution in [0, 0.1) is 0 Å². The molecule has 0 saturated heterocycles. The smallest absolute Gasteiger partial charge is 0.179 e. The van der Waals surface area contributed by atoms with Crippen molar-refractivity contribution in [2.24, 2.45) is 0 Å². The largest absolute Gasteiger partial charge is 0.353 e. The first-order valence-corrected chi connectivity index (χ1v) is 22.7. The lowest BCUT2D eigenvalue weighted by Crippen LogP contribution is -2.22. The third kappa shape index (κ3) is 37.9. The molecular weight excluding hydrogens is 664 g/mol. The molecule has 2 unspecified atom stereocenters. The van der Waals surface area contributed by atoms with E-state index in [0.717, 1.165) is 77.8 Å². The summed E-state index contributed by atoms with van der Waals surface area (Å²) in [6.07, 6.45) is 40.3. The quantitative estimate of drug-likeness (QED) is 0.0349. The molecule has 0 heterocycles. The molecule has 0 aromatic carbocycles. The van der Waals surface area contributed by atoms with Crippen LogP contribution in [0.15, 0.2) is 24.3 Å². The minimum absolute atomic E-state index is 0.170. The van der Waals surface area contributed by atoms with Gasteiger partial charge in [0.1, 0.15) is 0 Å². The van der Waals surface area contributed by atoms with E-state index in [1.807, 2.05) is 12.2 Å². The topological polar surface area (TPSA) is 64.6 Å². The van der Waals surface area contributed by atoms with Gasteiger partial charge in [0.15, 0.2) is 25.2 Å². The van der Waals surface area contributed by atoms with E-state index in [4.69, 9.17) is 33.2 Å². The van der Waals surface area contributed by atoms with Crippen molar-refractivity contribution in [1.82, 2.24) is 0 Å². The van der Waals surface area contributed by atoms with Gasteiger partial charge in [0, 0.05) is 53.5 Å². The summed E-state index contributed by atoms with van der Waals surface area (Å²) >= 11 is 0. The predicted octanol–water partition coefficient (Wildman–Crippen LogP) is 13.8. The maximum atomic E-state index is 6.21. The van der Waals surface area contributed by atoms with E-state index in [-0.39, 0.29) is 12.6 Å². The zero-order valence-corrected chi connectivity index (χ0v) is 36.1. The Labute approximate surface area is 330 Å². The molecule has 0 amide bonds. The maximum absolute atomic E-state index is 6.21. The van der Waals surface area contributed by atoms with Crippen molar-refractivity contribution in [3.63, 3.8) is 0 Å². The molecule has 0 bridgehead atoms. The highest BCUT2D eigenvalue weighted by Gasteiger charge is 2.13. The van der Waals surface area contributed by atoms with Gasteiger partial charge in [0.05, 0.1) is 0 Å². The molecule has 0 fully saturated rings. The molecule has 7 nitrogen and oxygen atoms in total. The van der Waals surface area contributed by atoms with Gasteiger partial charge >= 0.3 is 0 Å². The lowest BCUT2D eigenvalue weighted by molar-refractivity contribution is -0.189. The highest BCUT2D eigenvalue weighted by atomic mass is 16.8. The Bertz CT molecular complexity index is 649. The number of ether oxygens (including phenoxy) is 7. The van der Waals surface area contributed by atoms with E-state index in [1.165, 1.54) is 128 Å². The molecule has 0 aromatic heterocycles. The minimum atomic E-state index is -0.509. The number of hydrogen-bond acceptors (Lipinski definition) is 7. The maximum Gasteiger partial charge on any atom is 0.179 e. The van der Waals surface area contributed by atoms with Crippen molar-refractivity contribution in [1.29, 1.82) is 0 Å². The van der Waals surface area contributed by atoms with Crippen LogP contribution in [0.2, 0.25) is 0 Å². The van der Waals surface area contributed by atoms with Gasteiger partial charge in [-0.3, -0.25) is 0 Å². The van der Waals surface area contributed by atoms with Crippen LogP contribution in [0.5, 0.6) is 0 Å². The lowest BCUT2D eigenvalue weighted by Gasteiger charge is -2.20. The van der Waals surface area contributed by atoms with Gasteiger partial charge < -0.3 is 33.2 Å². The molecule has 0 aliphatic rings. The molecule has 0 rings (SSSR count). The first kappa shape index (κ1) is 52.2. The van der Waals surface area contributed by atoms with Crippen LogP contribution >= 0.6 is 0 Å². The Morgan fingerprint density at radius 2 is 0.623 bits per heavy atom. The summed E-state index contributed by atoms with van der Waals surface area (Å²) in [6, 6.07) is 0. The van der Waals surface area contributed by atoms with Crippen LogP contribution in [0.4, 0.5) is 0 Å². The van der Waals surface area contributed by atoms with Crippen LogP contribution < -0.4 is 0 Å². The molecule has 316 valence electrons. The van der Waals surface area contributed by atoms with Crippen LogP contribution in [0.3, 0.4) is 0 Å². The van der Waals surface area contributed by atoms with Gasteiger partial charge in [-0.05, 0) is 50.7 Å². The molecule has 0 spiro atoms. The highest BCUT2D eigenvalue weighted by molar-refractivity contribution is 4.89. The Morgan fingerprint density at radius 1 is 0.358 bits per heavy atom. The molecule has 0 aliphatic carbocycles. The van der Waals surface area contributed by atoms with Crippen LogP contribution in [0.1, 0.15) is 207 Å². The fraction of sp³-hybridized carbons (Fsp3) is 0.913. The van der Waals surface area contributed by atoms with Crippen molar-refractivity contribution in [3.8, 4) is 0 Å². The fourth-order valence-electron chi connectivity index (χ4n) is 6.19. The molecule has 0 aromatic rings. The van der Waals surface area contributed by atoms with E-state index < -0.39 is 12.6 Å². The van der Waals surface area contributed by atoms with E-state index in [1.54, 1.807) is 14.2 Å². The van der Waals surface area contributed by atoms with E-state index in [0.29, 0.717) is 0 Å². The fourth-order valence-corrected chi connectivity index (χ4v) is 6.19. The van der Waals surface area contributed by atoms with Crippen molar-refractivity contribution >= 4 is 0 Å². The normalized spacial score (nSPS) is 13.4. The standard InChI is InChI=1S/C46H90O7/c1-7-11-15-19-23-31-39-49-45(50-40-32-24-20-16-12-8-2)37-29-27-35-43(47-5)53-44(48-6)36-28-30-38-46(51-41-33-25-21-17-13-9-3)52-42-34-26-22-18-14-10-4/h27-28,35-36,43-46H,7-26,29-34,37-42H2,1-6H3. The van der Waals surface area contributed by atoms with Gasteiger partial charge in [-0.15, -0.1) is 0 Å². The molecule has 0 saturated carbocycles. The van der Waals surface area contributed by atoms with Gasteiger partial charge in [0.25, 0.3) is 0 Å². The van der Waals surface area contributed by atoms with Crippen molar-refractivity contribution in [3.05, 3.63) is 24.3 Å².